The molecule has 2 rings (SSSR count). The van der Waals surface area contributed by atoms with E-state index >= 15 is 0 Å². The standard InChI is InChI=1S/C17H20N2O3S/c1-12(20)9-10-19(2)17(22)13-6-3-4-7-14(13)18-16(21)15-8-5-11-23-15/h3-8,11-12,20H,9-10H2,1-2H3,(H,18,21). The number of aliphatic hydroxyl groups is 1. The lowest BCUT2D eigenvalue weighted by Crippen LogP contribution is -2.30. The molecule has 1 atom stereocenters. The Labute approximate surface area is 139 Å². The summed E-state index contributed by atoms with van der Waals surface area (Å²) in [4.78, 5) is 26.9. The van der Waals surface area contributed by atoms with E-state index in [1.165, 1.54) is 11.3 Å². The highest BCUT2D eigenvalue weighted by Gasteiger charge is 2.17. The van der Waals surface area contributed by atoms with E-state index in [1.54, 1.807) is 55.3 Å². The van der Waals surface area contributed by atoms with Crippen LogP contribution in [0.25, 0.3) is 0 Å². The quantitative estimate of drug-likeness (QED) is 0.854. The zero-order valence-corrected chi connectivity index (χ0v) is 14.0. The van der Waals surface area contributed by atoms with Crippen LogP contribution in [0.15, 0.2) is 41.8 Å². The predicted molar refractivity (Wildman–Crippen MR) is 92.0 cm³/mol. The maximum absolute atomic E-state index is 12.5. The molecule has 1 aromatic heterocycles. The van der Waals surface area contributed by atoms with Crippen molar-refractivity contribution in [1.82, 2.24) is 4.90 Å². The molecule has 23 heavy (non-hydrogen) atoms. The summed E-state index contributed by atoms with van der Waals surface area (Å²) in [6.07, 6.45) is 0.0467. The van der Waals surface area contributed by atoms with Crippen molar-refractivity contribution in [2.24, 2.45) is 0 Å². The van der Waals surface area contributed by atoms with Crippen molar-refractivity contribution in [2.75, 3.05) is 18.9 Å². The molecule has 1 heterocycles. The number of para-hydroxylation sites is 1. The molecule has 5 nitrogen and oxygen atoms in total. The molecule has 1 aromatic carbocycles. The smallest absolute Gasteiger partial charge is 0.265 e. The summed E-state index contributed by atoms with van der Waals surface area (Å²) >= 11 is 1.35. The van der Waals surface area contributed by atoms with E-state index in [1.807, 2.05) is 5.38 Å². The van der Waals surface area contributed by atoms with Gasteiger partial charge in [-0.05, 0) is 36.9 Å². The molecular weight excluding hydrogens is 312 g/mol. The van der Waals surface area contributed by atoms with Crippen molar-refractivity contribution in [3.8, 4) is 0 Å². The van der Waals surface area contributed by atoms with Gasteiger partial charge in [0.15, 0.2) is 0 Å². The van der Waals surface area contributed by atoms with Gasteiger partial charge in [0.05, 0.1) is 22.2 Å². The molecule has 1 unspecified atom stereocenters. The highest BCUT2D eigenvalue weighted by atomic mass is 32.1. The number of rotatable bonds is 6. The number of nitrogens with zero attached hydrogens (tertiary/aromatic N) is 1. The summed E-state index contributed by atoms with van der Waals surface area (Å²) in [5, 5.41) is 14.0. The van der Waals surface area contributed by atoms with E-state index < -0.39 is 6.10 Å². The molecule has 6 heteroatoms. The number of anilines is 1. The maximum Gasteiger partial charge on any atom is 0.265 e. The van der Waals surface area contributed by atoms with Gasteiger partial charge < -0.3 is 15.3 Å². The molecule has 0 aliphatic rings. The van der Waals surface area contributed by atoms with Gasteiger partial charge in [-0.3, -0.25) is 9.59 Å². The van der Waals surface area contributed by atoms with Gasteiger partial charge in [-0.25, -0.2) is 0 Å². The van der Waals surface area contributed by atoms with Crippen molar-refractivity contribution < 1.29 is 14.7 Å². The minimum absolute atomic E-state index is 0.187. The number of carbonyl (C=O) groups excluding carboxylic acids is 2. The third-order valence-electron chi connectivity index (χ3n) is 3.38. The first kappa shape index (κ1) is 17.2. The summed E-state index contributed by atoms with van der Waals surface area (Å²) < 4.78 is 0. The Morgan fingerprint density at radius 2 is 2.00 bits per heavy atom. The van der Waals surface area contributed by atoms with Crippen LogP contribution in [0.3, 0.4) is 0 Å². The van der Waals surface area contributed by atoms with Crippen LogP contribution in [0, 0.1) is 0 Å². The largest absolute Gasteiger partial charge is 0.393 e. The Morgan fingerprint density at radius 3 is 2.65 bits per heavy atom. The Balaban J connectivity index is 2.13. The molecule has 0 radical (unpaired) electrons. The Bertz CT molecular complexity index is 668. The number of aliphatic hydroxyl groups excluding tert-OH is 1. The Hall–Kier alpha value is -2.18. The number of benzene rings is 1. The molecule has 2 N–H and O–H groups in total. The number of amides is 2. The number of hydrogen-bond acceptors (Lipinski definition) is 4. The molecule has 0 spiro atoms. The van der Waals surface area contributed by atoms with E-state index in [-0.39, 0.29) is 11.8 Å². The van der Waals surface area contributed by atoms with E-state index in [4.69, 9.17) is 0 Å². The van der Waals surface area contributed by atoms with Crippen molar-refractivity contribution >= 4 is 28.8 Å². The van der Waals surface area contributed by atoms with E-state index in [2.05, 4.69) is 5.32 Å². The van der Waals surface area contributed by atoms with Crippen LogP contribution in [0.4, 0.5) is 5.69 Å². The Morgan fingerprint density at radius 1 is 1.26 bits per heavy atom. The first-order chi connectivity index (χ1) is 11.0. The second-order valence-electron chi connectivity index (χ2n) is 5.34. The molecule has 0 saturated heterocycles. The average molecular weight is 332 g/mol. The molecule has 0 saturated carbocycles. The summed E-state index contributed by atoms with van der Waals surface area (Å²) in [6, 6.07) is 10.5. The summed E-state index contributed by atoms with van der Waals surface area (Å²) in [5.41, 5.74) is 0.922. The molecular formula is C17H20N2O3S. The highest BCUT2D eigenvalue weighted by molar-refractivity contribution is 7.12. The first-order valence-corrected chi connectivity index (χ1v) is 8.24. The molecule has 0 bridgehead atoms. The molecule has 0 fully saturated rings. The minimum atomic E-state index is -0.459. The fraction of sp³-hybridized carbons (Fsp3) is 0.294. The summed E-state index contributed by atoms with van der Waals surface area (Å²) in [5.74, 6) is -0.417. The zero-order valence-electron chi connectivity index (χ0n) is 13.2. The van der Waals surface area contributed by atoms with Gasteiger partial charge in [-0.2, -0.15) is 0 Å². The zero-order chi connectivity index (χ0) is 16.8. The molecule has 0 aliphatic heterocycles. The Kier molecular flexibility index (Phi) is 5.90. The highest BCUT2D eigenvalue weighted by Crippen LogP contribution is 2.19. The van der Waals surface area contributed by atoms with Crippen molar-refractivity contribution in [2.45, 2.75) is 19.4 Å². The van der Waals surface area contributed by atoms with Gasteiger partial charge in [0.1, 0.15) is 0 Å². The van der Waals surface area contributed by atoms with Crippen molar-refractivity contribution in [3.05, 3.63) is 52.2 Å². The van der Waals surface area contributed by atoms with Gasteiger partial charge in [-0.1, -0.05) is 18.2 Å². The first-order valence-electron chi connectivity index (χ1n) is 7.36. The lowest BCUT2D eigenvalue weighted by Gasteiger charge is -2.20. The summed E-state index contributed by atoms with van der Waals surface area (Å²) in [6.45, 7) is 2.14. The van der Waals surface area contributed by atoms with Crippen LogP contribution in [-0.4, -0.2) is 41.5 Å². The third kappa shape index (κ3) is 4.64. The van der Waals surface area contributed by atoms with E-state index in [0.29, 0.717) is 29.1 Å². The summed E-state index contributed by atoms with van der Waals surface area (Å²) in [7, 11) is 1.68. The van der Waals surface area contributed by atoms with Crippen LogP contribution in [0.1, 0.15) is 33.4 Å². The maximum atomic E-state index is 12.5. The second kappa shape index (κ2) is 7.89. The van der Waals surface area contributed by atoms with Crippen LogP contribution < -0.4 is 5.32 Å². The van der Waals surface area contributed by atoms with Crippen LogP contribution in [0.2, 0.25) is 0 Å². The van der Waals surface area contributed by atoms with Gasteiger partial charge >= 0.3 is 0 Å². The van der Waals surface area contributed by atoms with Crippen molar-refractivity contribution in [3.63, 3.8) is 0 Å². The van der Waals surface area contributed by atoms with Crippen LogP contribution >= 0.6 is 11.3 Å². The predicted octanol–water partition coefficient (Wildman–Crippen LogP) is 2.84. The second-order valence-corrected chi connectivity index (χ2v) is 6.29. The van der Waals surface area contributed by atoms with Gasteiger partial charge in [0.25, 0.3) is 11.8 Å². The number of nitrogens with one attached hydrogen (secondary N) is 1. The van der Waals surface area contributed by atoms with Gasteiger partial charge in [-0.15, -0.1) is 11.3 Å². The average Bonchev–Trinajstić information content (AvgIpc) is 3.07. The number of hydrogen-bond donors (Lipinski definition) is 2. The molecule has 0 aliphatic carbocycles. The van der Waals surface area contributed by atoms with Gasteiger partial charge in [0, 0.05) is 13.6 Å². The number of thiophene rings is 1. The molecule has 2 aromatic rings. The van der Waals surface area contributed by atoms with E-state index in [9.17, 15) is 14.7 Å². The van der Waals surface area contributed by atoms with Crippen LogP contribution in [0.5, 0.6) is 0 Å². The fourth-order valence-electron chi connectivity index (χ4n) is 2.06. The normalized spacial score (nSPS) is 11.8. The third-order valence-corrected chi connectivity index (χ3v) is 4.25. The lowest BCUT2D eigenvalue weighted by atomic mass is 10.1. The lowest BCUT2D eigenvalue weighted by molar-refractivity contribution is 0.0770. The van der Waals surface area contributed by atoms with E-state index in [0.717, 1.165) is 0 Å². The van der Waals surface area contributed by atoms with Crippen LogP contribution in [-0.2, 0) is 0 Å². The topological polar surface area (TPSA) is 69.6 Å². The number of carbonyl (C=O) groups is 2. The monoisotopic (exact) mass is 332 g/mol. The van der Waals surface area contributed by atoms with Crippen molar-refractivity contribution in [1.29, 1.82) is 0 Å². The fourth-order valence-corrected chi connectivity index (χ4v) is 2.68. The van der Waals surface area contributed by atoms with Gasteiger partial charge in [0.2, 0.25) is 0 Å². The molecule has 2 amide bonds. The SMILES string of the molecule is CC(O)CCN(C)C(=O)c1ccccc1NC(=O)c1cccs1. The molecule has 122 valence electrons. The minimum Gasteiger partial charge on any atom is -0.393 e.